The van der Waals surface area contributed by atoms with Gasteiger partial charge in [-0.15, -0.1) is 0 Å². The van der Waals surface area contributed by atoms with Gasteiger partial charge in [0.2, 0.25) is 6.10 Å². The highest BCUT2D eigenvalue weighted by atomic mass is 31.2. The van der Waals surface area contributed by atoms with Crippen molar-refractivity contribution in [3.05, 3.63) is 35.6 Å². The number of anilines is 1. The number of nitrogens with two attached hydrogens (primary N) is 1. The molecule has 0 saturated carbocycles. The predicted octanol–water partition coefficient (Wildman–Crippen LogP) is 1.85. The number of nitrogen functional groups attached to an aromatic ring is 1. The van der Waals surface area contributed by atoms with Crippen LogP contribution >= 0.6 is 7.67 Å². The molecular formula is C28H40N7O11P. The van der Waals surface area contributed by atoms with E-state index < -0.39 is 74.3 Å². The summed E-state index contributed by atoms with van der Waals surface area (Å²) in [6.07, 6.45) is -2.32. The van der Waals surface area contributed by atoms with Crippen LogP contribution in [0.1, 0.15) is 65.2 Å². The van der Waals surface area contributed by atoms with Gasteiger partial charge in [-0.2, -0.15) is 5.10 Å². The predicted molar refractivity (Wildman–Crippen MR) is 163 cm³/mol. The lowest BCUT2D eigenvalue weighted by Crippen LogP contribution is -2.49. The molecule has 0 bridgehead atoms. The lowest BCUT2D eigenvalue weighted by molar-refractivity contribution is -0.170. The molecule has 6 atom stereocenters. The van der Waals surface area contributed by atoms with Gasteiger partial charge in [-0.05, 0) is 38.8 Å². The molecule has 0 spiro atoms. The van der Waals surface area contributed by atoms with Crippen LogP contribution in [0.15, 0.2) is 18.5 Å². The summed E-state index contributed by atoms with van der Waals surface area (Å²) in [6, 6.07) is 0.724. The lowest BCUT2D eigenvalue weighted by Gasteiger charge is -2.29. The lowest BCUT2D eigenvalue weighted by atomic mass is 10.0. The van der Waals surface area contributed by atoms with Crippen LogP contribution < -0.4 is 15.9 Å². The minimum absolute atomic E-state index is 0.00423. The van der Waals surface area contributed by atoms with Crippen LogP contribution in [0.5, 0.6) is 0 Å². The third-order valence-electron chi connectivity index (χ3n) is 7.09. The minimum atomic E-state index is -4.45. The summed E-state index contributed by atoms with van der Waals surface area (Å²) in [4.78, 5) is 57.9. The Morgan fingerprint density at radius 3 is 2.17 bits per heavy atom. The number of methoxy groups -OCH3 is 2. The number of carbonyl (C=O) groups is 4. The van der Waals surface area contributed by atoms with Crippen molar-refractivity contribution in [1.29, 1.82) is 0 Å². The molecule has 1 aliphatic heterocycles. The molecule has 47 heavy (non-hydrogen) atoms. The molecule has 2 aromatic rings. The van der Waals surface area contributed by atoms with Gasteiger partial charge in [0.05, 0.1) is 19.9 Å². The van der Waals surface area contributed by atoms with Crippen LogP contribution in [-0.2, 0) is 52.0 Å². The Balaban J connectivity index is 2.13. The highest BCUT2D eigenvalue weighted by molar-refractivity contribution is 7.54. The Morgan fingerprint density at radius 1 is 1.06 bits per heavy atom. The monoisotopic (exact) mass is 681 g/mol. The van der Waals surface area contributed by atoms with Crippen LogP contribution in [0.25, 0.3) is 10.4 Å². The van der Waals surface area contributed by atoms with Gasteiger partial charge >= 0.3 is 37.3 Å². The zero-order valence-corrected chi connectivity index (χ0v) is 27.9. The van der Waals surface area contributed by atoms with Gasteiger partial charge in [0, 0.05) is 12.8 Å². The summed E-state index contributed by atoms with van der Waals surface area (Å²) < 4.78 is 48.6. The van der Waals surface area contributed by atoms with Gasteiger partial charge in [0.1, 0.15) is 30.0 Å². The summed E-state index contributed by atoms with van der Waals surface area (Å²) in [6.45, 7) is 13.5. The summed E-state index contributed by atoms with van der Waals surface area (Å²) in [5, 5.41) is 9.18. The Hall–Kier alpha value is -4.14. The fourth-order valence-corrected chi connectivity index (χ4v) is 6.61. The van der Waals surface area contributed by atoms with E-state index in [0.717, 1.165) is 14.2 Å². The normalized spacial score (nSPS) is 22.2. The van der Waals surface area contributed by atoms with Crippen molar-refractivity contribution in [2.45, 2.75) is 89.5 Å². The molecule has 0 radical (unpaired) electrons. The molecule has 0 aliphatic carbocycles. The van der Waals surface area contributed by atoms with Gasteiger partial charge in [-0.25, -0.2) is 26.2 Å². The topological polar surface area (TPSA) is 225 Å². The molecule has 1 fully saturated rings. The fraction of sp³-hybridized carbons (Fsp3) is 0.607. The van der Waals surface area contributed by atoms with Crippen molar-refractivity contribution in [2.75, 3.05) is 26.6 Å². The number of carbonyl (C=O) groups excluding carboxylic acids is 4. The number of esters is 4. The van der Waals surface area contributed by atoms with Crippen molar-refractivity contribution < 1.29 is 52.0 Å². The maximum absolute atomic E-state index is 14.1. The minimum Gasteiger partial charge on any atom is -0.468 e. The number of ether oxygens (including phenoxy) is 5. The second-order valence-corrected chi connectivity index (χ2v) is 12.5. The Kier molecular flexibility index (Phi) is 12.8. The molecule has 258 valence electrons. The molecule has 0 aromatic carbocycles. The molecule has 0 unspecified atom stereocenters. The molecule has 1 saturated heterocycles. The third kappa shape index (κ3) is 8.62. The van der Waals surface area contributed by atoms with Gasteiger partial charge < -0.3 is 24.7 Å². The highest BCUT2D eigenvalue weighted by Crippen LogP contribution is 2.48. The van der Waals surface area contributed by atoms with Gasteiger partial charge in [0.15, 0.2) is 18.5 Å². The third-order valence-corrected chi connectivity index (χ3v) is 9.04. The summed E-state index contributed by atoms with van der Waals surface area (Å²) in [7, 11) is -2.20. The number of rotatable bonds is 16. The average Bonchev–Trinajstić information content (AvgIpc) is 3.59. The van der Waals surface area contributed by atoms with Gasteiger partial charge in [0.25, 0.3) is 0 Å². The molecule has 18 nitrogen and oxygen atoms in total. The average molecular weight is 682 g/mol. The van der Waals surface area contributed by atoms with Crippen LogP contribution in [-0.4, -0.2) is 89.3 Å². The number of nitrogens with one attached hydrogen (secondary N) is 2. The first-order valence-electron chi connectivity index (χ1n) is 14.8. The molecule has 1 aliphatic rings. The van der Waals surface area contributed by atoms with E-state index in [1.807, 2.05) is 0 Å². The van der Waals surface area contributed by atoms with E-state index in [1.54, 1.807) is 26.0 Å². The van der Waals surface area contributed by atoms with Crippen molar-refractivity contribution in [3.8, 4) is 0 Å². The van der Waals surface area contributed by atoms with Crippen LogP contribution in [0, 0.1) is 6.57 Å². The summed E-state index contributed by atoms with van der Waals surface area (Å²) in [5.41, 5.74) is 4.39. The number of fused-ring (bicyclic) bond motifs is 1. The van der Waals surface area contributed by atoms with E-state index in [1.165, 1.54) is 24.7 Å². The first-order chi connectivity index (χ1) is 22.3. The van der Waals surface area contributed by atoms with E-state index in [9.17, 15) is 23.7 Å². The summed E-state index contributed by atoms with van der Waals surface area (Å²) >= 11 is 0. The Labute approximate surface area is 271 Å². The fourth-order valence-electron chi connectivity index (χ4n) is 4.79. The van der Waals surface area contributed by atoms with Crippen LogP contribution in [0.4, 0.5) is 5.82 Å². The van der Waals surface area contributed by atoms with Gasteiger partial charge in [-0.3, -0.25) is 37.8 Å². The maximum Gasteiger partial charge on any atom is 0.402 e. The van der Waals surface area contributed by atoms with Gasteiger partial charge in [-0.1, -0.05) is 13.8 Å². The molecule has 19 heteroatoms. The van der Waals surface area contributed by atoms with Crippen LogP contribution in [0.2, 0.25) is 0 Å². The quantitative estimate of drug-likeness (QED) is 0.0994. The van der Waals surface area contributed by atoms with Crippen molar-refractivity contribution in [2.24, 2.45) is 0 Å². The number of hydrogen-bond acceptors (Lipinski definition) is 14. The second-order valence-electron chi connectivity index (χ2n) is 10.6. The van der Waals surface area contributed by atoms with E-state index in [-0.39, 0.29) is 24.4 Å². The van der Waals surface area contributed by atoms with E-state index in [0.29, 0.717) is 18.4 Å². The SMILES string of the molecule is [C-]#[N+][C@]1(COP(=O)(N[C@@H](C)C(=O)OC)N[C@@H](C)C(=O)OC)O[C@@H](c2ccc3c(N)ncnn23)[C@H](OC(=O)CCC)[C@@H]1OC(=O)CCC. The number of hydrogen-bond donors (Lipinski definition) is 3. The second kappa shape index (κ2) is 16.1. The number of aromatic nitrogens is 3. The molecule has 3 heterocycles. The Bertz CT molecular complexity index is 1520. The smallest absolute Gasteiger partial charge is 0.402 e. The first-order valence-corrected chi connectivity index (χ1v) is 16.4. The van der Waals surface area contributed by atoms with E-state index >= 15 is 0 Å². The first kappa shape index (κ1) is 37.3. The van der Waals surface area contributed by atoms with E-state index in [2.05, 4.69) is 25.1 Å². The van der Waals surface area contributed by atoms with Crippen LogP contribution in [0.3, 0.4) is 0 Å². The molecule has 3 rings (SSSR count). The zero-order valence-electron chi connectivity index (χ0n) is 27.0. The Morgan fingerprint density at radius 2 is 1.64 bits per heavy atom. The summed E-state index contributed by atoms with van der Waals surface area (Å²) in [5.74, 6) is -2.88. The number of nitrogens with zero attached hydrogens (tertiary/aromatic N) is 4. The largest absolute Gasteiger partial charge is 0.468 e. The molecule has 0 amide bonds. The molecule has 4 N–H and O–H groups in total. The van der Waals surface area contributed by atoms with Crippen molar-refractivity contribution in [3.63, 3.8) is 0 Å². The zero-order chi connectivity index (χ0) is 34.9. The highest BCUT2D eigenvalue weighted by Gasteiger charge is 2.67. The van der Waals surface area contributed by atoms with E-state index in [4.69, 9.17) is 40.5 Å². The standard InChI is InChI=1S/C28H40N7O11P/c1-8-10-20(36)44-23-22(18-12-13-19-25(29)31-15-32-35(18)19)46-28(30-5,24(23)45-21(37)11-9-2)14-43-47(40,33-16(3)26(38)41-6)34-17(4)27(39)42-7/h12-13,15-17,22-24H,8-11,14H2,1-4,6-7H3,(H2,29,31,32)(H2,33,34,40)/t16-,17-,22-,23-,24-,28+/m0/s1. The molecular weight excluding hydrogens is 641 g/mol. The van der Waals surface area contributed by atoms with Crippen molar-refractivity contribution >= 4 is 42.9 Å². The maximum atomic E-state index is 14.1. The van der Waals surface area contributed by atoms with Crippen molar-refractivity contribution in [1.82, 2.24) is 24.8 Å². The molecule has 2 aromatic heterocycles.